The Morgan fingerprint density at radius 1 is 1.04 bits per heavy atom. The monoisotopic (exact) mass is 311 g/mol. The average Bonchev–Trinajstić information content (AvgIpc) is 3.09. The normalized spacial score (nSPS) is 14.7. The number of benzene rings is 2. The standard InChI is InChI=1S/C20H25NO2/c1-3-15-8-4-7-11-18(15)21-16-12-13-19(22-2)20(14-16)23-17-9-5-6-10-17/h4,7-8,11-14,17,21H,3,5-6,9-10H2,1-2H3. The van der Waals surface area contributed by atoms with E-state index in [0.717, 1.165) is 42.1 Å². The van der Waals surface area contributed by atoms with Gasteiger partial charge in [-0.25, -0.2) is 0 Å². The van der Waals surface area contributed by atoms with E-state index in [1.54, 1.807) is 7.11 Å². The Labute approximate surface area is 138 Å². The van der Waals surface area contributed by atoms with Gasteiger partial charge in [0.1, 0.15) is 0 Å². The summed E-state index contributed by atoms with van der Waals surface area (Å²) in [4.78, 5) is 0. The summed E-state index contributed by atoms with van der Waals surface area (Å²) < 4.78 is 11.6. The number of anilines is 2. The van der Waals surface area contributed by atoms with Crippen LogP contribution in [0.15, 0.2) is 42.5 Å². The smallest absolute Gasteiger partial charge is 0.163 e. The molecule has 1 saturated carbocycles. The van der Waals surface area contributed by atoms with Crippen molar-refractivity contribution < 1.29 is 9.47 Å². The largest absolute Gasteiger partial charge is 0.493 e. The van der Waals surface area contributed by atoms with E-state index in [4.69, 9.17) is 9.47 Å². The maximum absolute atomic E-state index is 6.17. The molecule has 0 spiro atoms. The lowest BCUT2D eigenvalue weighted by atomic mass is 10.1. The summed E-state index contributed by atoms with van der Waals surface area (Å²) in [6.07, 6.45) is 6.12. The maximum Gasteiger partial charge on any atom is 0.163 e. The van der Waals surface area contributed by atoms with Crippen LogP contribution in [0.1, 0.15) is 38.2 Å². The molecule has 2 aromatic rings. The highest BCUT2D eigenvalue weighted by Gasteiger charge is 2.18. The zero-order valence-corrected chi connectivity index (χ0v) is 14.0. The second kappa shape index (κ2) is 7.40. The summed E-state index contributed by atoms with van der Waals surface area (Å²) in [7, 11) is 1.69. The van der Waals surface area contributed by atoms with Gasteiger partial charge in [0.15, 0.2) is 11.5 Å². The van der Waals surface area contributed by atoms with E-state index < -0.39 is 0 Å². The topological polar surface area (TPSA) is 30.5 Å². The number of hydrogen-bond acceptors (Lipinski definition) is 3. The minimum absolute atomic E-state index is 0.321. The van der Waals surface area contributed by atoms with Crippen LogP contribution in [-0.4, -0.2) is 13.2 Å². The maximum atomic E-state index is 6.17. The minimum Gasteiger partial charge on any atom is -0.493 e. The molecule has 122 valence electrons. The molecule has 1 fully saturated rings. The predicted molar refractivity (Wildman–Crippen MR) is 95.0 cm³/mol. The quantitative estimate of drug-likeness (QED) is 0.783. The number of hydrogen-bond donors (Lipinski definition) is 1. The van der Waals surface area contributed by atoms with Crippen molar-refractivity contribution in [2.75, 3.05) is 12.4 Å². The van der Waals surface area contributed by atoms with Gasteiger partial charge in [0.25, 0.3) is 0 Å². The van der Waals surface area contributed by atoms with Crippen LogP contribution in [0.3, 0.4) is 0 Å². The molecule has 0 aromatic heterocycles. The van der Waals surface area contributed by atoms with Crippen molar-refractivity contribution in [2.45, 2.75) is 45.1 Å². The van der Waals surface area contributed by atoms with Gasteiger partial charge >= 0.3 is 0 Å². The number of methoxy groups -OCH3 is 1. The highest BCUT2D eigenvalue weighted by Crippen LogP contribution is 2.35. The first-order valence-electron chi connectivity index (χ1n) is 8.49. The van der Waals surface area contributed by atoms with E-state index in [1.165, 1.54) is 18.4 Å². The first kappa shape index (κ1) is 15.7. The second-order valence-electron chi connectivity index (χ2n) is 6.03. The van der Waals surface area contributed by atoms with Crippen molar-refractivity contribution in [2.24, 2.45) is 0 Å². The van der Waals surface area contributed by atoms with Gasteiger partial charge in [-0.15, -0.1) is 0 Å². The SMILES string of the molecule is CCc1ccccc1Nc1ccc(OC)c(OC2CCCC2)c1. The Kier molecular flexibility index (Phi) is 5.06. The Hall–Kier alpha value is -2.16. The Balaban J connectivity index is 1.82. The highest BCUT2D eigenvalue weighted by atomic mass is 16.5. The number of ether oxygens (including phenoxy) is 2. The van der Waals surface area contributed by atoms with E-state index in [-0.39, 0.29) is 0 Å². The third-order valence-electron chi connectivity index (χ3n) is 4.44. The lowest BCUT2D eigenvalue weighted by Crippen LogP contribution is -2.11. The Morgan fingerprint density at radius 2 is 1.83 bits per heavy atom. The zero-order valence-electron chi connectivity index (χ0n) is 14.0. The van der Waals surface area contributed by atoms with E-state index in [9.17, 15) is 0 Å². The third-order valence-corrected chi connectivity index (χ3v) is 4.44. The second-order valence-corrected chi connectivity index (χ2v) is 6.03. The summed E-state index contributed by atoms with van der Waals surface area (Å²) in [5.41, 5.74) is 3.48. The molecule has 0 atom stereocenters. The number of aryl methyl sites for hydroxylation is 1. The first-order chi connectivity index (χ1) is 11.3. The molecular weight excluding hydrogens is 286 g/mol. The van der Waals surface area contributed by atoms with Crippen molar-refractivity contribution in [3.63, 3.8) is 0 Å². The van der Waals surface area contributed by atoms with Gasteiger partial charge in [0.2, 0.25) is 0 Å². The van der Waals surface area contributed by atoms with E-state index in [2.05, 4.69) is 36.5 Å². The summed E-state index contributed by atoms with van der Waals surface area (Å²) in [6.45, 7) is 2.17. The molecule has 2 aromatic carbocycles. The summed E-state index contributed by atoms with van der Waals surface area (Å²) in [6, 6.07) is 14.5. The summed E-state index contributed by atoms with van der Waals surface area (Å²) in [5.74, 6) is 1.63. The first-order valence-corrected chi connectivity index (χ1v) is 8.49. The summed E-state index contributed by atoms with van der Waals surface area (Å²) >= 11 is 0. The van der Waals surface area contributed by atoms with Gasteiger partial charge in [0, 0.05) is 17.4 Å². The minimum atomic E-state index is 0.321. The molecule has 3 heteroatoms. The fraction of sp³-hybridized carbons (Fsp3) is 0.400. The van der Waals surface area contributed by atoms with Gasteiger partial charge in [-0.05, 0) is 55.9 Å². The van der Waals surface area contributed by atoms with Crippen molar-refractivity contribution >= 4 is 11.4 Å². The van der Waals surface area contributed by atoms with Crippen LogP contribution in [0.4, 0.5) is 11.4 Å². The number of rotatable bonds is 6. The molecule has 0 unspecified atom stereocenters. The van der Waals surface area contributed by atoms with Gasteiger partial charge in [-0.3, -0.25) is 0 Å². The summed E-state index contributed by atoms with van der Waals surface area (Å²) in [5, 5.41) is 3.50. The number of para-hydroxylation sites is 1. The molecule has 3 rings (SSSR count). The van der Waals surface area contributed by atoms with Crippen LogP contribution in [0, 0.1) is 0 Å². The molecule has 23 heavy (non-hydrogen) atoms. The van der Waals surface area contributed by atoms with Gasteiger partial charge in [-0.2, -0.15) is 0 Å². The molecule has 0 radical (unpaired) electrons. The molecule has 3 nitrogen and oxygen atoms in total. The lowest BCUT2D eigenvalue weighted by Gasteiger charge is -2.18. The van der Waals surface area contributed by atoms with Gasteiger partial charge < -0.3 is 14.8 Å². The zero-order chi connectivity index (χ0) is 16.1. The molecule has 0 aliphatic heterocycles. The lowest BCUT2D eigenvalue weighted by molar-refractivity contribution is 0.201. The molecule has 0 bridgehead atoms. The number of nitrogens with one attached hydrogen (secondary N) is 1. The highest BCUT2D eigenvalue weighted by molar-refractivity contribution is 5.66. The van der Waals surface area contributed by atoms with E-state index >= 15 is 0 Å². The van der Waals surface area contributed by atoms with Crippen molar-refractivity contribution in [1.82, 2.24) is 0 Å². The van der Waals surface area contributed by atoms with Crippen molar-refractivity contribution in [3.8, 4) is 11.5 Å². The Morgan fingerprint density at radius 3 is 2.57 bits per heavy atom. The molecule has 1 aliphatic rings. The Bertz CT molecular complexity index is 648. The van der Waals surface area contributed by atoms with Crippen LogP contribution in [-0.2, 0) is 6.42 Å². The van der Waals surface area contributed by atoms with Crippen LogP contribution < -0.4 is 14.8 Å². The molecule has 0 heterocycles. The van der Waals surface area contributed by atoms with Crippen LogP contribution in [0.2, 0.25) is 0 Å². The molecule has 0 amide bonds. The molecular formula is C20H25NO2. The van der Waals surface area contributed by atoms with E-state index in [1.807, 2.05) is 18.2 Å². The van der Waals surface area contributed by atoms with Crippen molar-refractivity contribution in [1.29, 1.82) is 0 Å². The fourth-order valence-corrected chi connectivity index (χ4v) is 3.14. The van der Waals surface area contributed by atoms with Gasteiger partial charge in [0.05, 0.1) is 13.2 Å². The molecule has 1 aliphatic carbocycles. The van der Waals surface area contributed by atoms with Gasteiger partial charge in [-0.1, -0.05) is 25.1 Å². The van der Waals surface area contributed by atoms with Crippen LogP contribution >= 0.6 is 0 Å². The predicted octanol–water partition coefficient (Wildman–Crippen LogP) is 5.32. The van der Waals surface area contributed by atoms with Crippen LogP contribution in [0.25, 0.3) is 0 Å². The molecule has 1 N–H and O–H groups in total. The van der Waals surface area contributed by atoms with Crippen LogP contribution in [0.5, 0.6) is 11.5 Å². The third kappa shape index (κ3) is 3.79. The fourth-order valence-electron chi connectivity index (χ4n) is 3.14. The van der Waals surface area contributed by atoms with E-state index in [0.29, 0.717) is 6.10 Å². The molecule has 0 saturated heterocycles. The average molecular weight is 311 g/mol. The van der Waals surface area contributed by atoms with Crippen molar-refractivity contribution in [3.05, 3.63) is 48.0 Å².